The minimum absolute atomic E-state index is 0.0201. The number of hydrogen-bond donors (Lipinski definition) is 0. The number of piperazine rings is 1. The lowest BCUT2D eigenvalue weighted by Gasteiger charge is -2.37. The highest BCUT2D eigenvalue weighted by Gasteiger charge is 2.30. The summed E-state index contributed by atoms with van der Waals surface area (Å²) >= 11 is 12.1. The van der Waals surface area contributed by atoms with Gasteiger partial charge in [0.05, 0.1) is 27.9 Å². The number of carbonyl (C=O) groups is 2. The van der Waals surface area contributed by atoms with E-state index in [1.54, 1.807) is 37.1 Å². The summed E-state index contributed by atoms with van der Waals surface area (Å²) in [5, 5.41) is 1.52. The van der Waals surface area contributed by atoms with Crippen LogP contribution in [0.4, 0.5) is 5.69 Å². The SMILES string of the molecule is CCOC(=O)c1c(N2CCN(C(=O)c3ccc(Cl)c(Cl)c3)CC2)c2cc(C)ccc2n(C)c1=O. The van der Waals surface area contributed by atoms with E-state index in [-0.39, 0.29) is 18.1 Å². The summed E-state index contributed by atoms with van der Waals surface area (Å²) in [5.41, 5.74) is 2.38. The zero-order chi connectivity index (χ0) is 24.6. The van der Waals surface area contributed by atoms with E-state index in [1.807, 2.05) is 30.0 Å². The van der Waals surface area contributed by atoms with Gasteiger partial charge in [-0.3, -0.25) is 9.59 Å². The van der Waals surface area contributed by atoms with Gasteiger partial charge in [-0.1, -0.05) is 34.8 Å². The van der Waals surface area contributed by atoms with Crippen molar-refractivity contribution in [2.24, 2.45) is 7.05 Å². The zero-order valence-corrected chi connectivity index (χ0v) is 20.7. The zero-order valence-electron chi connectivity index (χ0n) is 19.2. The highest BCUT2D eigenvalue weighted by molar-refractivity contribution is 6.42. The lowest BCUT2D eigenvalue weighted by Crippen LogP contribution is -2.49. The van der Waals surface area contributed by atoms with Crippen molar-refractivity contribution in [1.29, 1.82) is 0 Å². The Kier molecular flexibility index (Phi) is 6.86. The van der Waals surface area contributed by atoms with E-state index < -0.39 is 11.5 Å². The molecule has 0 aliphatic carbocycles. The first-order valence-corrected chi connectivity index (χ1v) is 11.8. The number of anilines is 1. The molecule has 2 heterocycles. The van der Waals surface area contributed by atoms with Crippen molar-refractivity contribution in [2.45, 2.75) is 13.8 Å². The Morgan fingerprint density at radius 3 is 2.35 bits per heavy atom. The predicted octanol–water partition coefficient (Wildman–Crippen LogP) is 4.29. The normalized spacial score (nSPS) is 13.9. The number of esters is 1. The maximum atomic E-state index is 13.2. The van der Waals surface area contributed by atoms with Crippen molar-refractivity contribution >= 4 is 51.7 Å². The average molecular weight is 502 g/mol. The molecule has 1 saturated heterocycles. The van der Waals surface area contributed by atoms with Crippen LogP contribution in [0, 0.1) is 6.92 Å². The molecule has 34 heavy (non-hydrogen) atoms. The van der Waals surface area contributed by atoms with E-state index in [0.717, 1.165) is 16.5 Å². The number of carbonyl (C=O) groups excluding carboxylic acids is 2. The Morgan fingerprint density at radius 2 is 1.71 bits per heavy atom. The van der Waals surface area contributed by atoms with Gasteiger partial charge in [0.2, 0.25) is 0 Å². The number of amides is 1. The molecule has 0 N–H and O–H groups in total. The molecule has 1 amide bonds. The van der Waals surface area contributed by atoms with Gasteiger partial charge in [0.15, 0.2) is 0 Å². The minimum Gasteiger partial charge on any atom is -0.462 e. The topological polar surface area (TPSA) is 71.8 Å². The monoisotopic (exact) mass is 501 g/mol. The van der Waals surface area contributed by atoms with E-state index in [1.165, 1.54) is 4.57 Å². The van der Waals surface area contributed by atoms with Gasteiger partial charge in [-0.05, 0) is 44.2 Å². The number of ether oxygens (including phenoxy) is 1. The second-order valence-corrected chi connectivity index (χ2v) is 9.05. The van der Waals surface area contributed by atoms with E-state index in [0.29, 0.717) is 47.5 Å². The summed E-state index contributed by atoms with van der Waals surface area (Å²) in [6.45, 7) is 5.59. The molecule has 2 aromatic carbocycles. The molecule has 4 rings (SSSR count). The first-order valence-electron chi connectivity index (χ1n) is 11.0. The van der Waals surface area contributed by atoms with Crippen molar-refractivity contribution < 1.29 is 14.3 Å². The number of halogens is 2. The largest absolute Gasteiger partial charge is 0.462 e. The summed E-state index contributed by atoms with van der Waals surface area (Å²) in [7, 11) is 1.65. The lowest BCUT2D eigenvalue weighted by atomic mass is 10.0. The number of rotatable bonds is 4. The van der Waals surface area contributed by atoms with Gasteiger partial charge < -0.3 is 19.1 Å². The van der Waals surface area contributed by atoms with Crippen LogP contribution >= 0.6 is 23.2 Å². The number of aryl methyl sites for hydroxylation is 2. The highest BCUT2D eigenvalue weighted by Crippen LogP contribution is 2.31. The number of nitrogens with zero attached hydrogens (tertiary/aromatic N) is 3. The third-order valence-electron chi connectivity index (χ3n) is 6.05. The van der Waals surface area contributed by atoms with Gasteiger partial charge in [0.1, 0.15) is 5.56 Å². The second kappa shape index (κ2) is 9.68. The smallest absolute Gasteiger partial charge is 0.345 e. The van der Waals surface area contributed by atoms with Gasteiger partial charge in [-0.2, -0.15) is 0 Å². The van der Waals surface area contributed by atoms with Crippen LogP contribution in [0.25, 0.3) is 10.9 Å². The molecule has 0 unspecified atom stereocenters. The lowest BCUT2D eigenvalue weighted by molar-refractivity contribution is 0.0523. The van der Waals surface area contributed by atoms with Gasteiger partial charge in [0.25, 0.3) is 11.5 Å². The van der Waals surface area contributed by atoms with E-state index in [9.17, 15) is 14.4 Å². The molecule has 0 atom stereocenters. The Morgan fingerprint density at radius 1 is 1.00 bits per heavy atom. The molecule has 178 valence electrons. The molecule has 0 saturated carbocycles. The highest BCUT2D eigenvalue weighted by atomic mass is 35.5. The summed E-state index contributed by atoms with van der Waals surface area (Å²) < 4.78 is 6.73. The fourth-order valence-electron chi connectivity index (χ4n) is 4.31. The Hall–Kier alpha value is -3.03. The molecule has 0 bridgehead atoms. The Labute approximate surface area is 207 Å². The summed E-state index contributed by atoms with van der Waals surface area (Å²) in [6.07, 6.45) is 0. The van der Waals surface area contributed by atoms with Crippen molar-refractivity contribution in [3.8, 4) is 0 Å². The van der Waals surface area contributed by atoms with Crippen molar-refractivity contribution in [3.05, 3.63) is 73.5 Å². The Balaban J connectivity index is 1.71. The molecule has 1 fully saturated rings. The third kappa shape index (κ3) is 4.38. The minimum atomic E-state index is -0.643. The maximum Gasteiger partial charge on any atom is 0.345 e. The second-order valence-electron chi connectivity index (χ2n) is 8.24. The van der Waals surface area contributed by atoms with Gasteiger partial charge in [0, 0.05) is 44.2 Å². The fourth-order valence-corrected chi connectivity index (χ4v) is 4.60. The molecule has 1 aromatic heterocycles. The van der Waals surface area contributed by atoms with Crippen LogP contribution in [0.15, 0.2) is 41.2 Å². The van der Waals surface area contributed by atoms with Crippen LogP contribution in [-0.4, -0.2) is 54.1 Å². The average Bonchev–Trinajstić information content (AvgIpc) is 2.82. The molecular formula is C25H25Cl2N3O4. The summed E-state index contributed by atoms with van der Waals surface area (Å²) in [6, 6.07) is 10.6. The first kappa shape index (κ1) is 24.1. The van der Waals surface area contributed by atoms with Crippen molar-refractivity contribution in [3.63, 3.8) is 0 Å². The molecule has 7 nitrogen and oxygen atoms in total. The van der Waals surface area contributed by atoms with Crippen LogP contribution in [0.5, 0.6) is 0 Å². The standard InChI is InChI=1S/C25H25Cl2N3O4/c1-4-34-25(33)21-22(17-13-15(2)5-8-20(17)28(3)24(21)32)29-9-11-30(12-10-29)23(31)16-6-7-18(26)19(27)14-16/h5-8,13-14H,4,9-12H2,1-3H3. The Bertz CT molecular complexity index is 1340. The van der Waals surface area contributed by atoms with Gasteiger partial charge in [-0.15, -0.1) is 0 Å². The number of pyridine rings is 1. The van der Waals surface area contributed by atoms with Gasteiger partial charge >= 0.3 is 5.97 Å². The molecule has 0 radical (unpaired) electrons. The quantitative estimate of drug-likeness (QED) is 0.498. The van der Waals surface area contributed by atoms with E-state index >= 15 is 0 Å². The maximum absolute atomic E-state index is 13.2. The van der Waals surface area contributed by atoms with Crippen LogP contribution < -0.4 is 10.5 Å². The molecule has 0 spiro atoms. The van der Waals surface area contributed by atoms with Crippen LogP contribution in [0.3, 0.4) is 0 Å². The molecule has 9 heteroatoms. The van der Waals surface area contributed by atoms with Crippen molar-refractivity contribution in [2.75, 3.05) is 37.7 Å². The summed E-state index contributed by atoms with van der Waals surface area (Å²) in [5.74, 6) is -0.788. The third-order valence-corrected chi connectivity index (χ3v) is 6.79. The van der Waals surface area contributed by atoms with Crippen molar-refractivity contribution in [1.82, 2.24) is 9.47 Å². The molecule has 1 aliphatic heterocycles. The summed E-state index contributed by atoms with van der Waals surface area (Å²) in [4.78, 5) is 42.8. The van der Waals surface area contributed by atoms with Crippen LogP contribution in [-0.2, 0) is 11.8 Å². The molecule has 3 aromatic rings. The van der Waals surface area contributed by atoms with E-state index in [4.69, 9.17) is 27.9 Å². The number of benzene rings is 2. The van der Waals surface area contributed by atoms with Gasteiger partial charge in [-0.25, -0.2) is 4.79 Å². The first-order chi connectivity index (χ1) is 16.2. The molecule has 1 aliphatic rings. The number of hydrogen-bond acceptors (Lipinski definition) is 5. The van der Waals surface area contributed by atoms with Crippen LogP contribution in [0.1, 0.15) is 33.2 Å². The number of fused-ring (bicyclic) bond motifs is 1. The van der Waals surface area contributed by atoms with Crippen LogP contribution in [0.2, 0.25) is 10.0 Å². The molecular weight excluding hydrogens is 477 g/mol. The predicted molar refractivity (Wildman–Crippen MR) is 134 cm³/mol. The fraction of sp³-hybridized carbons (Fsp3) is 0.320. The van der Waals surface area contributed by atoms with E-state index in [2.05, 4.69) is 0 Å². The number of aromatic nitrogens is 1.